The minimum absolute atomic E-state index is 0.0176. The average molecular weight is 660 g/mol. The zero-order valence-corrected chi connectivity index (χ0v) is 23.7. The number of halogens is 1. The van der Waals surface area contributed by atoms with Gasteiger partial charge >= 0.3 is 18.1 Å². The van der Waals surface area contributed by atoms with Crippen LogP contribution in [0.5, 0.6) is 0 Å². The number of nitrogens with one attached hydrogen (secondary N) is 2. The molecule has 3 saturated heterocycles. The van der Waals surface area contributed by atoms with E-state index in [2.05, 4.69) is 34.6 Å². The summed E-state index contributed by atoms with van der Waals surface area (Å²) in [4.78, 5) is 45.0. The van der Waals surface area contributed by atoms with Crippen molar-refractivity contribution in [2.75, 3.05) is 24.6 Å². The maximum absolute atomic E-state index is 15.9. The Bertz CT molecular complexity index is 1970. The van der Waals surface area contributed by atoms with Crippen LogP contribution >= 0.6 is 7.82 Å². The van der Waals surface area contributed by atoms with Crippen LogP contribution in [0.15, 0.2) is 23.8 Å². The molecule has 24 heteroatoms. The molecule has 236 valence electrons. The molecular formula is C20H23FN11O10PS. The predicted molar refractivity (Wildman–Crippen MR) is 142 cm³/mol. The van der Waals surface area contributed by atoms with Gasteiger partial charge in [0.15, 0.2) is 41.3 Å². The van der Waals surface area contributed by atoms with E-state index in [1.807, 2.05) is 0 Å². The summed E-state index contributed by atoms with van der Waals surface area (Å²) in [7, 11) is -9.61. The van der Waals surface area contributed by atoms with Gasteiger partial charge in [-0.05, 0) is 0 Å². The number of hydrogen-bond donors (Lipinski definition) is 5. The Morgan fingerprint density at radius 1 is 1.05 bits per heavy atom. The molecule has 2 bridgehead atoms. The minimum Gasteiger partial charge on any atom is -0.382 e. The molecule has 0 radical (unpaired) electrons. The topological polar surface area (TPSA) is 289 Å². The molecule has 4 aromatic heterocycles. The van der Waals surface area contributed by atoms with E-state index in [9.17, 15) is 22.7 Å². The molecule has 7 N–H and O–H groups in total. The van der Waals surface area contributed by atoms with Crippen LogP contribution in [0.25, 0.3) is 22.3 Å². The average Bonchev–Trinajstić information content (AvgIpc) is 3.72. The van der Waals surface area contributed by atoms with Gasteiger partial charge in [-0.25, -0.2) is 33.1 Å². The minimum atomic E-state index is -5.00. The zero-order chi connectivity index (χ0) is 31.0. The Morgan fingerprint density at radius 2 is 1.80 bits per heavy atom. The molecule has 44 heavy (non-hydrogen) atoms. The third-order valence-corrected chi connectivity index (χ3v) is 9.19. The normalized spacial score (nSPS) is 34.4. The SMILES string of the molecule is Nc1nc2c(ncn2[C@@H]2O[C@@H]3CO[P@@](=O)(O)O[C@H]4[C@H](F)[C@H](n5cnc6c(N)ncnc65)O[C@@H]4CNS(=O)(=O)O[C@@H]2C3)c(=O)[nH]1. The van der Waals surface area contributed by atoms with Crippen molar-refractivity contribution in [2.45, 2.75) is 49.5 Å². The number of nitrogen functional groups attached to an aromatic ring is 2. The van der Waals surface area contributed by atoms with Gasteiger partial charge in [0.2, 0.25) is 5.95 Å². The van der Waals surface area contributed by atoms with Gasteiger partial charge in [-0.15, -0.1) is 0 Å². The second-order valence-corrected chi connectivity index (χ2v) is 12.8. The fraction of sp³-hybridized carbons (Fsp3) is 0.500. The molecular weight excluding hydrogens is 636 g/mol. The molecule has 0 amide bonds. The Hall–Kier alpha value is -3.67. The van der Waals surface area contributed by atoms with Crippen LogP contribution in [0, 0.1) is 0 Å². The largest absolute Gasteiger partial charge is 0.472 e. The number of nitrogens with two attached hydrogens (primary N) is 2. The first-order valence-electron chi connectivity index (χ1n) is 12.8. The van der Waals surface area contributed by atoms with Crippen molar-refractivity contribution in [3.05, 3.63) is 29.3 Å². The van der Waals surface area contributed by atoms with Crippen molar-refractivity contribution in [2.24, 2.45) is 0 Å². The molecule has 0 unspecified atom stereocenters. The zero-order valence-electron chi connectivity index (χ0n) is 22.0. The number of aromatic amines is 1. The molecule has 3 aliphatic heterocycles. The predicted octanol–water partition coefficient (Wildman–Crippen LogP) is -1.62. The van der Waals surface area contributed by atoms with Crippen LogP contribution in [0.2, 0.25) is 0 Å². The highest BCUT2D eigenvalue weighted by Crippen LogP contribution is 2.50. The van der Waals surface area contributed by atoms with Gasteiger partial charge < -0.3 is 25.8 Å². The molecule has 0 aromatic carbocycles. The number of hydrogen-bond acceptors (Lipinski definition) is 16. The lowest BCUT2D eigenvalue weighted by Crippen LogP contribution is -2.42. The third kappa shape index (κ3) is 5.10. The highest BCUT2D eigenvalue weighted by atomic mass is 32.2. The Balaban J connectivity index is 1.19. The Kier molecular flexibility index (Phi) is 6.91. The number of nitrogens with zero attached hydrogens (tertiary/aromatic N) is 7. The van der Waals surface area contributed by atoms with E-state index in [-0.39, 0.29) is 40.5 Å². The summed E-state index contributed by atoms with van der Waals surface area (Å²) in [5, 5.41) is 0. The number of imidazole rings is 2. The fourth-order valence-electron chi connectivity index (χ4n) is 5.29. The van der Waals surface area contributed by atoms with Crippen molar-refractivity contribution < 1.29 is 45.0 Å². The van der Waals surface area contributed by atoms with Gasteiger partial charge in [-0.1, -0.05) is 0 Å². The molecule has 3 fully saturated rings. The number of ether oxygens (including phenoxy) is 2. The monoisotopic (exact) mass is 659 g/mol. The van der Waals surface area contributed by atoms with Crippen LogP contribution in [0.1, 0.15) is 18.9 Å². The number of rotatable bonds is 2. The van der Waals surface area contributed by atoms with Crippen molar-refractivity contribution in [3.63, 3.8) is 0 Å². The number of phosphoric acid groups is 1. The molecule has 7 rings (SSSR count). The van der Waals surface area contributed by atoms with Gasteiger partial charge in [-0.2, -0.15) is 18.1 Å². The number of anilines is 2. The molecule has 21 nitrogen and oxygen atoms in total. The highest BCUT2D eigenvalue weighted by molar-refractivity contribution is 7.84. The summed E-state index contributed by atoms with van der Waals surface area (Å²) >= 11 is 0. The van der Waals surface area contributed by atoms with Crippen LogP contribution in [-0.2, 0) is 37.6 Å². The van der Waals surface area contributed by atoms with Gasteiger partial charge in [-0.3, -0.25) is 28.0 Å². The molecule has 8 atom stereocenters. The third-order valence-electron chi connectivity index (χ3n) is 7.19. The Morgan fingerprint density at radius 3 is 2.59 bits per heavy atom. The maximum atomic E-state index is 15.9. The molecule has 7 heterocycles. The standard InChI is InChI=1S/C20H23FN11O10PS/c21-10-13-9(40-19(10)31-5-26-11-14(22)24-4-25-15(11)31)2-28-44(36,37)42-8-1-7(3-38-43(34,35)41-13)39-18(8)32-6-27-12-16(32)29-20(23)30-17(12)33/h4-10,13,18-19,28H,1-3H2,(H,34,35)(H2,22,24,25)(H3,23,29,30,33)/t7-,8+,9+,10-,13+,18+,19+/m0/s1. The second kappa shape index (κ2) is 10.5. The van der Waals surface area contributed by atoms with E-state index in [0.29, 0.717) is 0 Å². The van der Waals surface area contributed by atoms with E-state index in [4.69, 9.17) is 34.2 Å². The first kappa shape index (κ1) is 29.1. The molecule has 0 aliphatic carbocycles. The van der Waals surface area contributed by atoms with Crippen molar-refractivity contribution in [1.82, 2.24) is 43.8 Å². The summed E-state index contributed by atoms with van der Waals surface area (Å²) in [5.41, 5.74) is 10.9. The van der Waals surface area contributed by atoms with Gasteiger partial charge in [0, 0.05) is 13.0 Å². The molecule has 0 saturated carbocycles. The van der Waals surface area contributed by atoms with Crippen LogP contribution in [0.4, 0.5) is 16.2 Å². The number of alkyl halides is 1. The van der Waals surface area contributed by atoms with Crippen molar-refractivity contribution in [1.29, 1.82) is 0 Å². The van der Waals surface area contributed by atoms with Gasteiger partial charge in [0.05, 0.1) is 25.4 Å². The quantitative estimate of drug-likeness (QED) is 0.151. The summed E-state index contributed by atoms with van der Waals surface area (Å²) < 4.78 is 87.0. The first-order chi connectivity index (χ1) is 20.9. The number of H-pyrrole nitrogens is 1. The summed E-state index contributed by atoms with van der Waals surface area (Å²) in [6.07, 6.45) is -7.16. The maximum Gasteiger partial charge on any atom is 0.472 e. The van der Waals surface area contributed by atoms with Crippen LogP contribution < -0.4 is 21.7 Å². The fourth-order valence-corrected chi connectivity index (χ4v) is 7.20. The van der Waals surface area contributed by atoms with Crippen molar-refractivity contribution >= 4 is 52.2 Å². The first-order valence-corrected chi connectivity index (χ1v) is 15.7. The smallest absolute Gasteiger partial charge is 0.382 e. The number of fused-ring (bicyclic) bond motifs is 5. The summed E-state index contributed by atoms with van der Waals surface area (Å²) in [6.45, 7) is -1.25. The van der Waals surface area contributed by atoms with E-state index >= 15 is 4.39 Å². The molecule has 4 aromatic rings. The summed E-state index contributed by atoms with van der Waals surface area (Å²) in [5.74, 6) is -0.214. The Labute approximate surface area is 244 Å². The van der Waals surface area contributed by atoms with E-state index in [1.165, 1.54) is 21.8 Å². The van der Waals surface area contributed by atoms with E-state index < -0.39 is 79.9 Å². The highest BCUT2D eigenvalue weighted by Gasteiger charge is 2.52. The van der Waals surface area contributed by atoms with Crippen LogP contribution in [0.3, 0.4) is 0 Å². The van der Waals surface area contributed by atoms with E-state index in [0.717, 1.165) is 6.33 Å². The van der Waals surface area contributed by atoms with Crippen LogP contribution in [-0.4, -0.2) is 96.1 Å². The molecule has 3 aliphatic rings. The number of phosphoric ester groups is 1. The molecule has 0 spiro atoms. The lowest BCUT2D eigenvalue weighted by molar-refractivity contribution is -0.0487. The lowest BCUT2D eigenvalue weighted by Gasteiger charge is -2.24. The second-order valence-electron chi connectivity index (χ2n) is 10.0. The lowest BCUT2D eigenvalue weighted by atomic mass is 10.1. The number of aromatic nitrogens is 8. The van der Waals surface area contributed by atoms with E-state index in [1.54, 1.807) is 0 Å². The van der Waals surface area contributed by atoms with Gasteiger partial charge in [0.1, 0.15) is 30.2 Å². The van der Waals surface area contributed by atoms with Crippen molar-refractivity contribution in [3.8, 4) is 0 Å². The van der Waals surface area contributed by atoms with Gasteiger partial charge in [0.25, 0.3) is 5.56 Å². The summed E-state index contributed by atoms with van der Waals surface area (Å²) in [6, 6.07) is 0.